The second-order valence-corrected chi connectivity index (χ2v) is 6.70. The van der Waals surface area contributed by atoms with E-state index < -0.39 is 0 Å². The lowest BCUT2D eigenvalue weighted by Gasteiger charge is -2.36. The highest BCUT2D eigenvalue weighted by Gasteiger charge is 2.22. The van der Waals surface area contributed by atoms with Crippen molar-refractivity contribution >= 4 is 11.6 Å². The zero-order valence-corrected chi connectivity index (χ0v) is 16.0. The third kappa shape index (κ3) is 3.69. The van der Waals surface area contributed by atoms with Gasteiger partial charge in [0, 0.05) is 49.1 Å². The monoisotopic (exact) mass is 378 g/mol. The summed E-state index contributed by atoms with van der Waals surface area (Å²) >= 11 is 0. The van der Waals surface area contributed by atoms with Crippen LogP contribution < -0.4 is 9.64 Å². The standard InChI is InChI=1S/C21H22N4O3/c1-15-22-20(28-23-15)16-6-8-17(9-7-16)21(26)25-12-10-24(11-13-25)18-4-3-5-19(14-18)27-2/h3-9,14H,10-13H2,1-2H3. The van der Waals surface area contributed by atoms with Crippen LogP contribution in [0.15, 0.2) is 53.1 Å². The van der Waals surface area contributed by atoms with Gasteiger partial charge in [-0.05, 0) is 43.3 Å². The lowest BCUT2D eigenvalue weighted by molar-refractivity contribution is 0.0747. The Morgan fingerprint density at radius 2 is 1.82 bits per heavy atom. The first-order valence-corrected chi connectivity index (χ1v) is 9.23. The number of aryl methyl sites for hydroxylation is 1. The molecule has 1 fully saturated rings. The molecule has 1 saturated heterocycles. The van der Waals surface area contributed by atoms with Crippen LogP contribution in [0.4, 0.5) is 5.69 Å². The van der Waals surface area contributed by atoms with Crippen LogP contribution in [0, 0.1) is 6.92 Å². The number of nitrogens with zero attached hydrogens (tertiary/aromatic N) is 4. The first-order chi connectivity index (χ1) is 13.6. The van der Waals surface area contributed by atoms with E-state index >= 15 is 0 Å². The van der Waals surface area contributed by atoms with Crippen molar-refractivity contribution < 1.29 is 14.1 Å². The second kappa shape index (κ2) is 7.72. The number of hydrogen-bond donors (Lipinski definition) is 0. The second-order valence-electron chi connectivity index (χ2n) is 6.70. The fourth-order valence-electron chi connectivity index (χ4n) is 3.33. The van der Waals surface area contributed by atoms with Gasteiger partial charge in [-0.1, -0.05) is 11.2 Å². The Bertz CT molecular complexity index is 960. The Morgan fingerprint density at radius 1 is 1.07 bits per heavy atom. The van der Waals surface area contributed by atoms with Crippen LogP contribution in [0.5, 0.6) is 5.75 Å². The molecule has 0 N–H and O–H groups in total. The Morgan fingerprint density at radius 3 is 2.46 bits per heavy atom. The summed E-state index contributed by atoms with van der Waals surface area (Å²) in [5, 5.41) is 3.79. The first kappa shape index (κ1) is 18.0. The van der Waals surface area contributed by atoms with E-state index in [1.807, 2.05) is 47.4 Å². The molecule has 3 aromatic rings. The van der Waals surface area contributed by atoms with Crippen LogP contribution in [0.1, 0.15) is 16.2 Å². The molecule has 1 aliphatic rings. The number of methoxy groups -OCH3 is 1. The van der Waals surface area contributed by atoms with Crippen LogP contribution in [0.25, 0.3) is 11.5 Å². The van der Waals surface area contributed by atoms with E-state index in [1.165, 1.54) is 0 Å². The molecule has 0 atom stereocenters. The number of amides is 1. The molecule has 2 heterocycles. The molecule has 144 valence electrons. The maximum atomic E-state index is 12.8. The van der Waals surface area contributed by atoms with E-state index in [1.54, 1.807) is 14.0 Å². The van der Waals surface area contributed by atoms with Crippen molar-refractivity contribution in [2.24, 2.45) is 0 Å². The molecule has 7 heteroatoms. The third-order valence-electron chi connectivity index (χ3n) is 4.89. The first-order valence-electron chi connectivity index (χ1n) is 9.23. The summed E-state index contributed by atoms with van der Waals surface area (Å²) < 4.78 is 10.5. The molecule has 1 amide bonds. The lowest BCUT2D eigenvalue weighted by atomic mass is 10.1. The van der Waals surface area contributed by atoms with Gasteiger partial charge >= 0.3 is 0 Å². The highest BCUT2D eigenvalue weighted by Crippen LogP contribution is 2.23. The Balaban J connectivity index is 1.39. The predicted molar refractivity (Wildman–Crippen MR) is 106 cm³/mol. The molecule has 7 nitrogen and oxygen atoms in total. The molecule has 0 spiro atoms. The van der Waals surface area contributed by atoms with E-state index in [-0.39, 0.29) is 5.91 Å². The molecule has 0 aliphatic carbocycles. The summed E-state index contributed by atoms with van der Waals surface area (Å²) in [6.45, 7) is 4.72. The van der Waals surface area contributed by atoms with Gasteiger partial charge < -0.3 is 19.1 Å². The van der Waals surface area contributed by atoms with Crippen molar-refractivity contribution in [3.8, 4) is 17.2 Å². The van der Waals surface area contributed by atoms with Gasteiger partial charge in [-0.25, -0.2) is 0 Å². The Labute approximate surface area is 163 Å². The normalized spacial score (nSPS) is 14.2. The number of aromatic nitrogens is 2. The molecule has 4 rings (SSSR count). The van der Waals surface area contributed by atoms with E-state index in [0.717, 1.165) is 30.1 Å². The van der Waals surface area contributed by atoms with E-state index in [9.17, 15) is 4.79 Å². The number of ether oxygens (including phenoxy) is 1. The van der Waals surface area contributed by atoms with Crippen molar-refractivity contribution in [1.82, 2.24) is 15.0 Å². The van der Waals surface area contributed by atoms with Crippen LogP contribution in [-0.2, 0) is 0 Å². The number of rotatable bonds is 4. The Hall–Kier alpha value is -3.35. The SMILES string of the molecule is COc1cccc(N2CCN(C(=O)c3ccc(-c4nc(C)no4)cc3)CC2)c1. The summed E-state index contributed by atoms with van der Waals surface area (Å²) in [5.41, 5.74) is 2.58. The van der Waals surface area contributed by atoms with Gasteiger partial charge in [0.25, 0.3) is 11.8 Å². The summed E-state index contributed by atoms with van der Waals surface area (Å²) in [7, 11) is 1.67. The van der Waals surface area contributed by atoms with Crippen LogP contribution in [-0.4, -0.2) is 54.2 Å². The van der Waals surface area contributed by atoms with Gasteiger partial charge in [-0.3, -0.25) is 4.79 Å². The molecule has 28 heavy (non-hydrogen) atoms. The number of hydrogen-bond acceptors (Lipinski definition) is 6. The fourth-order valence-corrected chi connectivity index (χ4v) is 3.33. The molecule has 0 bridgehead atoms. The smallest absolute Gasteiger partial charge is 0.257 e. The minimum absolute atomic E-state index is 0.0403. The maximum Gasteiger partial charge on any atom is 0.257 e. The fraction of sp³-hybridized carbons (Fsp3) is 0.286. The van der Waals surface area contributed by atoms with Crippen molar-refractivity contribution in [2.75, 3.05) is 38.2 Å². The number of carbonyl (C=O) groups is 1. The largest absolute Gasteiger partial charge is 0.497 e. The van der Waals surface area contributed by atoms with Gasteiger partial charge in [-0.2, -0.15) is 4.98 Å². The number of carbonyl (C=O) groups excluding carboxylic acids is 1. The van der Waals surface area contributed by atoms with Crippen LogP contribution >= 0.6 is 0 Å². The highest BCUT2D eigenvalue weighted by molar-refractivity contribution is 5.94. The predicted octanol–water partition coefficient (Wildman–Crippen LogP) is 3.02. The average Bonchev–Trinajstić information content (AvgIpc) is 3.20. The van der Waals surface area contributed by atoms with E-state index in [4.69, 9.17) is 9.26 Å². The van der Waals surface area contributed by atoms with Gasteiger partial charge in [0.2, 0.25) is 0 Å². The van der Waals surface area contributed by atoms with Crippen molar-refractivity contribution in [1.29, 1.82) is 0 Å². The molecular formula is C21H22N4O3. The topological polar surface area (TPSA) is 71.7 Å². The van der Waals surface area contributed by atoms with E-state index in [2.05, 4.69) is 21.1 Å². The molecule has 0 radical (unpaired) electrons. The van der Waals surface area contributed by atoms with Crippen molar-refractivity contribution in [3.63, 3.8) is 0 Å². The quantitative estimate of drug-likeness (QED) is 0.695. The van der Waals surface area contributed by atoms with Crippen molar-refractivity contribution in [3.05, 3.63) is 59.9 Å². The van der Waals surface area contributed by atoms with Gasteiger partial charge in [0.1, 0.15) is 5.75 Å². The van der Waals surface area contributed by atoms with E-state index in [0.29, 0.717) is 30.4 Å². The molecular weight excluding hydrogens is 356 g/mol. The van der Waals surface area contributed by atoms with Gasteiger partial charge in [0.15, 0.2) is 5.82 Å². The third-order valence-corrected chi connectivity index (χ3v) is 4.89. The molecule has 0 saturated carbocycles. The van der Waals surface area contributed by atoms with Gasteiger partial charge in [-0.15, -0.1) is 0 Å². The minimum Gasteiger partial charge on any atom is -0.497 e. The maximum absolute atomic E-state index is 12.8. The van der Waals surface area contributed by atoms with Crippen LogP contribution in [0.2, 0.25) is 0 Å². The summed E-state index contributed by atoms with van der Waals surface area (Å²) in [6, 6.07) is 15.3. The highest BCUT2D eigenvalue weighted by atomic mass is 16.5. The summed E-state index contributed by atoms with van der Waals surface area (Å²) in [5.74, 6) is 1.93. The average molecular weight is 378 g/mol. The lowest BCUT2D eigenvalue weighted by Crippen LogP contribution is -2.48. The van der Waals surface area contributed by atoms with Crippen molar-refractivity contribution in [2.45, 2.75) is 6.92 Å². The molecule has 2 aromatic carbocycles. The molecule has 0 unspecified atom stereocenters. The Kier molecular flexibility index (Phi) is 4.97. The zero-order chi connectivity index (χ0) is 19.5. The zero-order valence-electron chi connectivity index (χ0n) is 16.0. The minimum atomic E-state index is 0.0403. The summed E-state index contributed by atoms with van der Waals surface area (Å²) in [4.78, 5) is 21.2. The number of piperazine rings is 1. The number of anilines is 1. The summed E-state index contributed by atoms with van der Waals surface area (Å²) in [6.07, 6.45) is 0. The number of benzene rings is 2. The molecule has 1 aliphatic heterocycles. The van der Waals surface area contributed by atoms with Gasteiger partial charge in [0.05, 0.1) is 7.11 Å². The molecule has 1 aromatic heterocycles. The van der Waals surface area contributed by atoms with Crippen LogP contribution in [0.3, 0.4) is 0 Å².